The first kappa shape index (κ1) is 25.6. The second-order valence-corrected chi connectivity index (χ2v) is 9.30. The van der Waals surface area contributed by atoms with Gasteiger partial charge in [0.15, 0.2) is 0 Å². The van der Waals surface area contributed by atoms with Gasteiger partial charge in [-0.1, -0.05) is 44.2 Å². The molecular formula is C29H33N5OS. The molecule has 1 amide bonds. The number of fused-ring (bicyclic) bond motifs is 1. The summed E-state index contributed by atoms with van der Waals surface area (Å²) in [6, 6.07) is 14.2. The molecule has 0 spiro atoms. The highest BCUT2D eigenvalue weighted by Gasteiger charge is 2.26. The summed E-state index contributed by atoms with van der Waals surface area (Å²) in [5, 5.41) is 4.15. The van der Waals surface area contributed by atoms with E-state index in [1.165, 1.54) is 12.8 Å². The number of allylic oxidation sites excluding steroid dienone is 1. The number of hydrogen-bond acceptors (Lipinski definition) is 5. The fraction of sp³-hybridized carbons (Fsp3) is 0.310. The van der Waals surface area contributed by atoms with E-state index in [1.807, 2.05) is 63.6 Å². The van der Waals surface area contributed by atoms with Crippen molar-refractivity contribution in [1.29, 1.82) is 0 Å². The maximum absolute atomic E-state index is 12.9. The van der Waals surface area contributed by atoms with Crippen LogP contribution in [0.25, 0.3) is 26.9 Å². The van der Waals surface area contributed by atoms with Gasteiger partial charge in [0.05, 0.1) is 17.9 Å². The molecule has 1 fully saturated rings. The van der Waals surface area contributed by atoms with Gasteiger partial charge in [-0.2, -0.15) is 0 Å². The summed E-state index contributed by atoms with van der Waals surface area (Å²) >= 11 is 1.68. The summed E-state index contributed by atoms with van der Waals surface area (Å²) in [5.74, 6) is 1.44. The maximum Gasteiger partial charge on any atom is 0.240 e. The van der Waals surface area contributed by atoms with Gasteiger partial charge in [0, 0.05) is 51.4 Å². The first-order valence-electron chi connectivity index (χ1n) is 12.5. The zero-order chi connectivity index (χ0) is 25.5. The van der Waals surface area contributed by atoms with Crippen molar-refractivity contribution in [2.24, 2.45) is 0 Å². The van der Waals surface area contributed by atoms with Crippen LogP contribution in [0.1, 0.15) is 56.7 Å². The van der Waals surface area contributed by atoms with E-state index in [0.29, 0.717) is 12.5 Å². The standard InChI is InChI=1S/C27H27N5OS.C2H6/c1-3-25(34-2)24-12-19-6-4-5-7-23(19)32(24)17-26(33)29-16-22-11-10-20(13-28-22)21-14-30-27(31-15-21)18-8-9-18;1-2/h3-7,10-15,18H,8-9,16-17H2,1-2H3,(H,29,33);1-2H3/b25-3-;. The molecule has 1 aromatic carbocycles. The molecule has 0 radical (unpaired) electrons. The lowest BCUT2D eigenvalue weighted by Crippen LogP contribution is -2.27. The van der Waals surface area contributed by atoms with Crippen LogP contribution in [0.4, 0.5) is 0 Å². The Hall–Kier alpha value is -3.45. The Morgan fingerprint density at radius 1 is 1.06 bits per heavy atom. The van der Waals surface area contributed by atoms with E-state index in [4.69, 9.17) is 0 Å². The van der Waals surface area contributed by atoms with Crippen molar-refractivity contribution < 1.29 is 4.79 Å². The summed E-state index contributed by atoms with van der Waals surface area (Å²) < 4.78 is 2.08. The number of nitrogens with zero attached hydrogens (tertiary/aromatic N) is 4. The summed E-state index contributed by atoms with van der Waals surface area (Å²) in [5.41, 5.74) is 4.84. The van der Waals surface area contributed by atoms with Gasteiger partial charge < -0.3 is 9.88 Å². The third-order valence-electron chi connectivity index (χ3n) is 6.09. The van der Waals surface area contributed by atoms with Gasteiger partial charge in [0.25, 0.3) is 0 Å². The molecular weight excluding hydrogens is 466 g/mol. The van der Waals surface area contributed by atoms with Crippen LogP contribution in [0.15, 0.2) is 67.1 Å². The number of carbonyl (C=O) groups excluding carboxylic acids is 1. The molecule has 36 heavy (non-hydrogen) atoms. The lowest BCUT2D eigenvalue weighted by molar-refractivity contribution is -0.121. The number of rotatable bonds is 8. The molecule has 3 heterocycles. The normalized spacial score (nSPS) is 13.3. The minimum Gasteiger partial charge on any atom is -0.349 e. The number of pyridine rings is 1. The van der Waals surface area contributed by atoms with Crippen molar-refractivity contribution in [2.75, 3.05) is 6.26 Å². The van der Waals surface area contributed by atoms with Crippen LogP contribution in [-0.4, -0.2) is 31.7 Å². The Morgan fingerprint density at radius 3 is 2.42 bits per heavy atom. The van der Waals surface area contributed by atoms with Crippen molar-refractivity contribution >= 4 is 33.5 Å². The lowest BCUT2D eigenvalue weighted by Gasteiger charge is -2.12. The van der Waals surface area contributed by atoms with Crippen LogP contribution in [-0.2, 0) is 17.9 Å². The number of para-hydroxylation sites is 1. The summed E-state index contributed by atoms with van der Waals surface area (Å²) in [6.45, 7) is 6.66. The molecule has 0 aliphatic heterocycles. The number of benzene rings is 1. The van der Waals surface area contributed by atoms with E-state index in [2.05, 4.69) is 55.4 Å². The van der Waals surface area contributed by atoms with Crippen LogP contribution < -0.4 is 5.32 Å². The van der Waals surface area contributed by atoms with Crippen molar-refractivity contribution in [1.82, 2.24) is 24.8 Å². The molecule has 6 nitrogen and oxygen atoms in total. The Balaban J connectivity index is 0.00000148. The van der Waals surface area contributed by atoms with Crippen molar-refractivity contribution in [3.05, 3.63) is 84.3 Å². The van der Waals surface area contributed by atoms with E-state index in [1.54, 1.807) is 11.8 Å². The summed E-state index contributed by atoms with van der Waals surface area (Å²) in [4.78, 5) is 27.5. The van der Waals surface area contributed by atoms with E-state index >= 15 is 0 Å². The van der Waals surface area contributed by atoms with Gasteiger partial charge in [0.1, 0.15) is 12.4 Å². The second-order valence-electron chi connectivity index (χ2n) is 8.45. The number of hydrogen-bond donors (Lipinski definition) is 1. The third-order valence-corrected chi connectivity index (χ3v) is 6.97. The molecule has 5 rings (SSSR count). The first-order valence-corrected chi connectivity index (χ1v) is 13.7. The molecule has 7 heteroatoms. The minimum atomic E-state index is -0.0471. The van der Waals surface area contributed by atoms with Gasteiger partial charge in [0.2, 0.25) is 5.91 Å². The lowest BCUT2D eigenvalue weighted by atomic mass is 10.1. The molecule has 0 saturated heterocycles. The Bertz CT molecular complexity index is 1340. The van der Waals surface area contributed by atoms with Crippen LogP contribution >= 0.6 is 11.8 Å². The topological polar surface area (TPSA) is 72.7 Å². The second kappa shape index (κ2) is 12.0. The highest BCUT2D eigenvalue weighted by atomic mass is 32.2. The van der Waals surface area contributed by atoms with Crippen molar-refractivity contribution in [3.8, 4) is 11.1 Å². The zero-order valence-corrected chi connectivity index (χ0v) is 22.2. The van der Waals surface area contributed by atoms with E-state index in [9.17, 15) is 4.79 Å². The number of aromatic nitrogens is 4. The predicted octanol–water partition coefficient (Wildman–Crippen LogP) is 6.44. The van der Waals surface area contributed by atoms with Gasteiger partial charge in [-0.05, 0) is 44.2 Å². The Morgan fingerprint density at radius 2 is 1.78 bits per heavy atom. The third kappa shape index (κ3) is 5.85. The maximum atomic E-state index is 12.9. The number of thioether (sulfide) groups is 1. The Kier molecular flexibility index (Phi) is 8.54. The van der Waals surface area contributed by atoms with Crippen molar-refractivity contribution in [2.45, 2.75) is 52.6 Å². The molecule has 0 bridgehead atoms. The zero-order valence-electron chi connectivity index (χ0n) is 21.4. The SMILES string of the molecule is C/C=C(\SC)c1cc2ccccc2n1CC(=O)NCc1ccc(-c2cnc(C3CC3)nc2)cn1.CC. The minimum absolute atomic E-state index is 0.0471. The highest BCUT2D eigenvalue weighted by molar-refractivity contribution is 8.07. The van der Waals surface area contributed by atoms with Gasteiger partial charge in [-0.25, -0.2) is 9.97 Å². The smallest absolute Gasteiger partial charge is 0.240 e. The van der Waals surface area contributed by atoms with Gasteiger partial charge >= 0.3 is 0 Å². The Labute approximate surface area is 217 Å². The van der Waals surface area contributed by atoms with E-state index < -0.39 is 0 Å². The quantitative estimate of drug-likeness (QED) is 0.302. The number of carbonyl (C=O) groups is 1. The summed E-state index contributed by atoms with van der Waals surface area (Å²) in [7, 11) is 0. The molecule has 4 aromatic rings. The predicted molar refractivity (Wildman–Crippen MR) is 150 cm³/mol. The fourth-order valence-corrected chi connectivity index (χ4v) is 4.70. The molecule has 1 N–H and O–H groups in total. The van der Waals surface area contributed by atoms with Crippen LogP contribution in [0, 0.1) is 0 Å². The average molecular weight is 500 g/mol. The molecule has 1 saturated carbocycles. The highest BCUT2D eigenvalue weighted by Crippen LogP contribution is 2.38. The number of amides is 1. The van der Waals surface area contributed by atoms with E-state index in [-0.39, 0.29) is 12.5 Å². The largest absolute Gasteiger partial charge is 0.349 e. The van der Waals surface area contributed by atoms with Gasteiger partial charge in [-0.15, -0.1) is 11.8 Å². The van der Waals surface area contributed by atoms with Crippen LogP contribution in [0.2, 0.25) is 0 Å². The van der Waals surface area contributed by atoms with Gasteiger partial charge in [-0.3, -0.25) is 9.78 Å². The molecule has 3 aromatic heterocycles. The average Bonchev–Trinajstić information content (AvgIpc) is 3.73. The molecule has 1 aliphatic carbocycles. The molecule has 0 atom stereocenters. The van der Waals surface area contributed by atoms with Crippen molar-refractivity contribution in [3.63, 3.8) is 0 Å². The van der Waals surface area contributed by atoms with Crippen LogP contribution in [0.3, 0.4) is 0 Å². The van der Waals surface area contributed by atoms with E-state index in [0.717, 1.165) is 44.1 Å². The summed E-state index contributed by atoms with van der Waals surface area (Å²) in [6.07, 6.45) is 12.1. The monoisotopic (exact) mass is 499 g/mol. The molecule has 186 valence electrons. The first-order chi connectivity index (χ1) is 17.7. The number of nitrogens with one attached hydrogen (secondary N) is 1. The molecule has 1 aliphatic rings. The molecule has 0 unspecified atom stereocenters. The fourth-order valence-electron chi connectivity index (χ4n) is 4.08. The van der Waals surface area contributed by atoms with Crippen LogP contribution in [0.5, 0.6) is 0 Å².